The average molecular weight is 281 g/mol. The molecule has 0 saturated heterocycles. The van der Waals surface area contributed by atoms with Crippen molar-refractivity contribution < 1.29 is 14.7 Å². The third-order valence-corrected chi connectivity index (χ3v) is 2.80. The summed E-state index contributed by atoms with van der Waals surface area (Å²) < 4.78 is 0. The van der Waals surface area contributed by atoms with Crippen LogP contribution in [-0.4, -0.2) is 17.0 Å². The Labute approximate surface area is 122 Å². The summed E-state index contributed by atoms with van der Waals surface area (Å²) in [4.78, 5) is 22.4. The van der Waals surface area contributed by atoms with Crippen molar-refractivity contribution >= 4 is 23.6 Å². The fourth-order valence-electron chi connectivity index (χ4n) is 1.87. The van der Waals surface area contributed by atoms with Gasteiger partial charge in [0.25, 0.3) is 0 Å². The highest BCUT2D eigenvalue weighted by atomic mass is 16.4. The molecule has 0 heterocycles. The van der Waals surface area contributed by atoms with Crippen molar-refractivity contribution in [3.8, 4) is 0 Å². The summed E-state index contributed by atoms with van der Waals surface area (Å²) in [5, 5.41) is 11.4. The Kier molecular flexibility index (Phi) is 4.88. The molecule has 0 bridgehead atoms. The summed E-state index contributed by atoms with van der Waals surface area (Å²) in [7, 11) is 0. The lowest BCUT2D eigenvalue weighted by Gasteiger charge is -2.06. The van der Waals surface area contributed by atoms with Crippen molar-refractivity contribution in [3.63, 3.8) is 0 Å². The molecule has 0 radical (unpaired) electrons. The molecule has 0 aromatic heterocycles. The minimum absolute atomic E-state index is 0.111. The first-order valence-electron chi connectivity index (χ1n) is 6.48. The highest BCUT2D eigenvalue weighted by Gasteiger charge is 2.04. The van der Waals surface area contributed by atoms with E-state index in [0.29, 0.717) is 12.1 Å². The lowest BCUT2D eigenvalue weighted by Crippen LogP contribution is -2.14. The summed E-state index contributed by atoms with van der Waals surface area (Å²) in [5.41, 5.74) is 2.30. The lowest BCUT2D eigenvalue weighted by atomic mass is 10.1. The third kappa shape index (κ3) is 4.95. The molecule has 0 unspecified atom stereocenters. The normalized spacial score (nSPS) is 10.5. The second-order valence-electron chi connectivity index (χ2n) is 4.51. The van der Waals surface area contributed by atoms with Crippen molar-refractivity contribution in [2.45, 2.75) is 6.42 Å². The van der Waals surface area contributed by atoms with Crippen molar-refractivity contribution in [3.05, 3.63) is 71.8 Å². The molecule has 21 heavy (non-hydrogen) atoms. The van der Waals surface area contributed by atoms with Gasteiger partial charge in [-0.1, -0.05) is 42.5 Å². The van der Waals surface area contributed by atoms with Crippen LogP contribution in [0.1, 0.15) is 11.1 Å². The van der Waals surface area contributed by atoms with Crippen LogP contribution in [0.25, 0.3) is 6.08 Å². The van der Waals surface area contributed by atoms with E-state index < -0.39 is 5.97 Å². The molecule has 0 atom stereocenters. The zero-order valence-electron chi connectivity index (χ0n) is 11.3. The number of rotatable bonds is 5. The van der Waals surface area contributed by atoms with E-state index in [1.807, 2.05) is 30.3 Å². The molecule has 0 aliphatic rings. The molecule has 2 rings (SSSR count). The lowest BCUT2D eigenvalue weighted by molar-refractivity contribution is -0.131. The van der Waals surface area contributed by atoms with Crippen LogP contribution >= 0.6 is 0 Å². The molecular formula is C17H15NO3. The number of carbonyl (C=O) groups is 2. The van der Waals surface area contributed by atoms with Gasteiger partial charge in [0.05, 0.1) is 6.42 Å². The maximum Gasteiger partial charge on any atom is 0.328 e. The molecule has 4 heteroatoms. The van der Waals surface area contributed by atoms with Gasteiger partial charge in [-0.3, -0.25) is 4.79 Å². The summed E-state index contributed by atoms with van der Waals surface area (Å²) in [6, 6.07) is 16.5. The molecule has 0 aliphatic heterocycles. The maximum absolute atomic E-state index is 11.9. The number of aliphatic carboxylic acids is 1. The standard InChI is InChI=1S/C17H15NO3/c19-16(12-13-5-2-1-3-6-13)18-15-8-4-7-14(11-15)9-10-17(20)21/h1-11H,12H2,(H,18,19)(H,20,21). The van der Waals surface area contributed by atoms with Crippen molar-refractivity contribution in [1.82, 2.24) is 0 Å². The van der Waals surface area contributed by atoms with Crippen LogP contribution in [0.3, 0.4) is 0 Å². The summed E-state index contributed by atoms with van der Waals surface area (Å²) in [6.07, 6.45) is 2.84. The minimum atomic E-state index is -1.01. The Hall–Kier alpha value is -2.88. The molecule has 2 aromatic rings. The van der Waals surface area contributed by atoms with Gasteiger partial charge in [0.2, 0.25) is 5.91 Å². The van der Waals surface area contributed by atoms with Crippen LogP contribution in [0.5, 0.6) is 0 Å². The van der Waals surface area contributed by atoms with Gasteiger partial charge in [0.1, 0.15) is 0 Å². The molecule has 0 saturated carbocycles. The Morgan fingerprint density at radius 1 is 1.05 bits per heavy atom. The molecule has 0 aliphatic carbocycles. The molecule has 0 fully saturated rings. The summed E-state index contributed by atoms with van der Waals surface area (Å²) in [5.74, 6) is -1.12. The van der Waals surface area contributed by atoms with Crippen LogP contribution in [-0.2, 0) is 16.0 Å². The van der Waals surface area contributed by atoms with Gasteiger partial charge >= 0.3 is 5.97 Å². The number of carbonyl (C=O) groups excluding carboxylic acids is 1. The Morgan fingerprint density at radius 2 is 1.81 bits per heavy atom. The third-order valence-electron chi connectivity index (χ3n) is 2.80. The number of carboxylic acid groups (broad SMARTS) is 1. The van der Waals surface area contributed by atoms with Crippen molar-refractivity contribution in [2.75, 3.05) is 5.32 Å². The topological polar surface area (TPSA) is 66.4 Å². The first kappa shape index (κ1) is 14.5. The largest absolute Gasteiger partial charge is 0.478 e. The Bertz CT molecular complexity index is 663. The molecular weight excluding hydrogens is 266 g/mol. The van der Waals surface area contributed by atoms with E-state index in [1.165, 1.54) is 6.08 Å². The van der Waals surface area contributed by atoms with Gasteiger partial charge in [0.15, 0.2) is 0 Å². The number of benzene rings is 2. The van der Waals surface area contributed by atoms with E-state index in [0.717, 1.165) is 17.2 Å². The fraction of sp³-hybridized carbons (Fsp3) is 0.0588. The zero-order valence-corrected chi connectivity index (χ0v) is 11.3. The van der Waals surface area contributed by atoms with Crippen LogP contribution in [0, 0.1) is 0 Å². The smallest absolute Gasteiger partial charge is 0.328 e. The fourth-order valence-corrected chi connectivity index (χ4v) is 1.87. The number of anilines is 1. The quantitative estimate of drug-likeness (QED) is 0.828. The van der Waals surface area contributed by atoms with E-state index in [4.69, 9.17) is 5.11 Å². The molecule has 4 nitrogen and oxygen atoms in total. The molecule has 2 aromatic carbocycles. The monoisotopic (exact) mass is 281 g/mol. The van der Waals surface area contributed by atoms with E-state index >= 15 is 0 Å². The first-order chi connectivity index (χ1) is 10.1. The van der Waals surface area contributed by atoms with E-state index in [2.05, 4.69) is 5.32 Å². The van der Waals surface area contributed by atoms with Crippen molar-refractivity contribution in [2.24, 2.45) is 0 Å². The van der Waals surface area contributed by atoms with Gasteiger partial charge in [-0.2, -0.15) is 0 Å². The highest BCUT2D eigenvalue weighted by molar-refractivity contribution is 5.92. The number of hydrogen-bond acceptors (Lipinski definition) is 2. The summed E-state index contributed by atoms with van der Waals surface area (Å²) in [6.45, 7) is 0. The molecule has 1 amide bonds. The van der Waals surface area contributed by atoms with Crippen molar-refractivity contribution in [1.29, 1.82) is 0 Å². The molecule has 2 N–H and O–H groups in total. The minimum Gasteiger partial charge on any atom is -0.478 e. The number of nitrogens with one attached hydrogen (secondary N) is 1. The van der Waals surface area contributed by atoms with Crippen LogP contribution in [0.15, 0.2) is 60.7 Å². The van der Waals surface area contributed by atoms with Gasteiger partial charge in [-0.05, 0) is 29.3 Å². The van der Waals surface area contributed by atoms with E-state index in [9.17, 15) is 9.59 Å². The zero-order chi connectivity index (χ0) is 15.1. The molecule has 106 valence electrons. The predicted molar refractivity (Wildman–Crippen MR) is 81.9 cm³/mol. The molecule has 0 spiro atoms. The Balaban J connectivity index is 2.01. The van der Waals surface area contributed by atoms with Gasteiger partial charge in [-0.25, -0.2) is 4.79 Å². The SMILES string of the molecule is O=C(O)C=Cc1cccc(NC(=O)Cc2ccccc2)c1. The van der Waals surface area contributed by atoms with Gasteiger partial charge in [-0.15, -0.1) is 0 Å². The number of hydrogen-bond donors (Lipinski definition) is 2. The first-order valence-corrected chi connectivity index (χ1v) is 6.48. The number of amides is 1. The van der Waals surface area contributed by atoms with Crippen LogP contribution in [0.2, 0.25) is 0 Å². The maximum atomic E-state index is 11.9. The summed E-state index contributed by atoms with van der Waals surface area (Å²) >= 11 is 0. The van der Waals surface area contributed by atoms with E-state index in [-0.39, 0.29) is 5.91 Å². The van der Waals surface area contributed by atoms with Gasteiger partial charge in [0, 0.05) is 11.8 Å². The average Bonchev–Trinajstić information content (AvgIpc) is 2.46. The van der Waals surface area contributed by atoms with E-state index in [1.54, 1.807) is 24.3 Å². The van der Waals surface area contributed by atoms with Crippen LogP contribution < -0.4 is 5.32 Å². The highest BCUT2D eigenvalue weighted by Crippen LogP contribution is 2.12. The Morgan fingerprint density at radius 3 is 2.52 bits per heavy atom. The predicted octanol–water partition coefficient (Wildman–Crippen LogP) is 2.97. The van der Waals surface area contributed by atoms with Gasteiger partial charge < -0.3 is 10.4 Å². The second-order valence-corrected chi connectivity index (χ2v) is 4.51. The second kappa shape index (κ2) is 7.05. The number of carboxylic acids is 1. The van der Waals surface area contributed by atoms with Crippen LogP contribution in [0.4, 0.5) is 5.69 Å².